The van der Waals surface area contributed by atoms with Gasteiger partial charge in [-0.2, -0.15) is 0 Å². The van der Waals surface area contributed by atoms with Gasteiger partial charge >= 0.3 is 5.97 Å². The minimum Gasteiger partial charge on any atom is -0.482 e. The van der Waals surface area contributed by atoms with E-state index in [-0.39, 0.29) is 23.9 Å². The second-order valence-electron chi connectivity index (χ2n) is 4.87. The normalized spacial score (nSPS) is 11.1. The Morgan fingerprint density at radius 2 is 2.05 bits per heavy atom. The summed E-state index contributed by atoms with van der Waals surface area (Å²) in [6.45, 7) is 4.38. The summed E-state index contributed by atoms with van der Waals surface area (Å²) in [5.41, 5.74) is -1.35. The van der Waals surface area contributed by atoms with Crippen LogP contribution in [0.25, 0.3) is 0 Å². The van der Waals surface area contributed by atoms with E-state index in [2.05, 4.69) is 0 Å². The molecule has 0 aliphatic carbocycles. The largest absolute Gasteiger partial charge is 0.482 e. The molecule has 1 rings (SSSR count). The molecule has 5 nitrogen and oxygen atoms in total. The molecule has 0 aliphatic rings. The fourth-order valence-corrected chi connectivity index (χ4v) is 2.03. The average molecular weight is 318 g/mol. The highest BCUT2D eigenvalue weighted by Gasteiger charge is 2.36. The first-order chi connectivity index (χ1) is 9.70. The molecule has 21 heavy (non-hydrogen) atoms. The van der Waals surface area contributed by atoms with Crippen LogP contribution >= 0.6 is 11.6 Å². The molecule has 1 aromatic carbocycles. The van der Waals surface area contributed by atoms with Crippen molar-refractivity contribution in [1.29, 1.82) is 0 Å². The molecule has 0 aromatic heterocycles. The van der Waals surface area contributed by atoms with Gasteiger partial charge in [0.1, 0.15) is 17.1 Å². The molecule has 0 unspecified atom stereocenters. The Morgan fingerprint density at radius 1 is 1.43 bits per heavy atom. The summed E-state index contributed by atoms with van der Waals surface area (Å²) in [6.07, 6.45) is 0. The maximum atomic E-state index is 12.9. The molecule has 0 bridgehead atoms. The highest BCUT2D eigenvalue weighted by Crippen LogP contribution is 2.25. The number of aliphatic carboxylic acids is 1. The van der Waals surface area contributed by atoms with E-state index in [4.69, 9.17) is 21.4 Å². The summed E-state index contributed by atoms with van der Waals surface area (Å²) in [4.78, 5) is 24.5. The van der Waals surface area contributed by atoms with Crippen molar-refractivity contribution in [3.05, 3.63) is 29.0 Å². The molecule has 0 aliphatic heterocycles. The van der Waals surface area contributed by atoms with Crippen molar-refractivity contribution >= 4 is 23.5 Å². The molecular formula is C14H17ClFNO4. The van der Waals surface area contributed by atoms with Crippen LogP contribution in [0, 0.1) is 5.82 Å². The van der Waals surface area contributed by atoms with Gasteiger partial charge in [-0.05, 0) is 39.0 Å². The van der Waals surface area contributed by atoms with Gasteiger partial charge in [-0.1, -0.05) is 11.6 Å². The lowest BCUT2D eigenvalue weighted by Gasteiger charge is -2.34. The van der Waals surface area contributed by atoms with E-state index in [9.17, 15) is 14.0 Å². The quantitative estimate of drug-likeness (QED) is 0.875. The summed E-state index contributed by atoms with van der Waals surface area (Å²) in [7, 11) is 0. The number of benzene rings is 1. The Kier molecular flexibility index (Phi) is 5.54. The van der Waals surface area contributed by atoms with Gasteiger partial charge in [-0.25, -0.2) is 9.18 Å². The summed E-state index contributed by atoms with van der Waals surface area (Å²) < 4.78 is 18.1. The molecular weight excluding hydrogens is 301 g/mol. The van der Waals surface area contributed by atoms with Gasteiger partial charge in [0.25, 0.3) is 5.91 Å². The van der Waals surface area contributed by atoms with Crippen molar-refractivity contribution in [1.82, 2.24) is 4.90 Å². The van der Waals surface area contributed by atoms with Crippen LogP contribution in [0.15, 0.2) is 18.2 Å². The second kappa shape index (κ2) is 6.76. The number of carboxylic acids is 1. The van der Waals surface area contributed by atoms with Gasteiger partial charge in [-0.15, -0.1) is 0 Å². The molecule has 116 valence electrons. The number of carbonyl (C=O) groups is 2. The molecule has 0 heterocycles. The minimum absolute atomic E-state index is 0.0448. The van der Waals surface area contributed by atoms with Crippen LogP contribution in [-0.4, -0.2) is 40.6 Å². The van der Waals surface area contributed by atoms with Crippen LogP contribution in [0.1, 0.15) is 20.8 Å². The van der Waals surface area contributed by atoms with Crippen molar-refractivity contribution in [3.63, 3.8) is 0 Å². The first kappa shape index (κ1) is 17.2. The first-order valence-electron chi connectivity index (χ1n) is 6.31. The highest BCUT2D eigenvalue weighted by molar-refractivity contribution is 6.32. The van der Waals surface area contributed by atoms with Crippen molar-refractivity contribution in [2.45, 2.75) is 26.3 Å². The summed E-state index contributed by atoms with van der Waals surface area (Å²) in [5, 5.41) is 9.20. The zero-order valence-corrected chi connectivity index (χ0v) is 12.8. The molecule has 0 spiro atoms. The van der Waals surface area contributed by atoms with Crippen molar-refractivity contribution < 1.29 is 23.8 Å². The van der Waals surface area contributed by atoms with E-state index < -0.39 is 23.2 Å². The Balaban J connectivity index is 2.78. The molecule has 0 fully saturated rings. The minimum atomic E-state index is -1.35. The van der Waals surface area contributed by atoms with E-state index >= 15 is 0 Å². The highest BCUT2D eigenvalue weighted by atomic mass is 35.5. The number of hydrogen-bond acceptors (Lipinski definition) is 3. The van der Waals surface area contributed by atoms with Crippen molar-refractivity contribution in [3.8, 4) is 5.75 Å². The standard InChI is InChI=1S/C14H17ClFNO4/c1-4-17(14(2,3)13(19)20)12(18)8-21-11-6-5-9(16)7-10(11)15/h5-7H,4,8H2,1-3H3,(H,19,20). The van der Waals surface area contributed by atoms with Crippen LogP contribution in [0.4, 0.5) is 4.39 Å². The number of nitrogens with zero attached hydrogens (tertiary/aromatic N) is 1. The Bertz CT molecular complexity index is 548. The molecule has 0 saturated carbocycles. The number of amides is 1. The SMILES string of the molecule is CCN(C(=O)COc1ccc(F)cc1Cl)C(C)(C)C(=O)O. The predicted molar refractivity (Wildman–Crippen MR) is 76.0 cm³/mol. The summed E-state index contributed by atoms with van der Waals surface area (Å²) in [5.74, 6) is -1.96. The molecule has 1 amide bonds. The van der Waals surface area contributed by atoms with Gasteiger partial charge < -0.3 is 14.7 Å². The molecule has 0 saturated heterocycles. The number of halogens is 2. The number of hydrogen-bond donors (Lipinski definition) is 1. The van der Waals surface area contributed by atoms with Crippen LogP contribution in [0.3, 0.4) is 0 Å². The number of carbonyl (C=O) groups excluding carboxylic acids is 1. The summed E-state index contributed by atoms with van der Waals surface area (Å²) in [6, 6.07) is 3.54. The monoisotopic (exact) mass is 317 g/mol. The third-order valence-corrected chi connectivity index (χ3v) is 3.36. The summed E-state index contributed by atoms with van der Waals surface area (Å²) >= 11 is 5.78. The third kappa shape index (κ3) is 4.07. The van der Waals surface area contributed by atoms with E-state index in [0.717, 1.165) is 12.1 Å². The smallest absolute Gasteiger partial charge is 0.329 e. The average Bonchev–Trinajstić information content (AvgIpc) is 2.38. The zero-order valence-electron chi connectivity index (χ0n) is 12.0. The zero-order chi connectivity index (χ0) is 16.2. The lowest BCUT2D eigenvalue weighted by atomic mass is 10.0. The van der Waals surface area contributed by atoms with Gasteiger partial charge in [0.05, 0.1) is 5.02 Å². The molecule has 1 N–H and O–H groups in total. The fourth-order valence-electron chi connectivity index (χ4n) is 1.81. The van der Waals surface area contributed by atoms with Crippen LogP contribution < -0.4 is 4.74 Å². The number of carboxylic acid groups (broad SMARTS) is 1. The van der Waals surface area contributed by atoms with E-state index in [0.29, 0.717) is 0 Å². The maximum absolute atomic E-state index is 12.9. The maximum Gasteiger partial charge on any atom is 0.329 e. The van der Waals surface area contributed by atoms with Gasteiger partial charge in [0, 0.05) is 6.54 Å². The Morgan fingerprint density at radius 3 is 2.52 bits per heavy atom. The van der Waals surface area contributed by atoms with Crippen molar-refractivity contribution in [2.24, 2.45) is 0 Å². The number of rotatable bonds is 6. The lowest BCUT2D eigenvalue weighted by Crippen LogP contribution is -2.54. The molecule has 0 atom stereocenters. The Labute approximate surface area is 127 Å². The van der Waals surface area contributed by atoms with Crippen LogP contribution in [0.5, 0.6) is 5.75 Å². The van der Waals surface area contributed by atoms with Crippen LogP contribution in [-0.2, 0) is 9.59 Å². The van der Waals surface area contributed by atoms with Crippen molar-refractivity contribution in [2.75, 3.05) is 13.2 Å². The predicted octanol–water partition coefficient (Wildman–Crippen LogP) is 2.57. The number of ether oxygens (including phenoxy) is 1. The second-order valence-corrected chi connectivity index (χ2v) is 5.27. The van der Waals surface area contributed by atoms with E-state index in [1.165, 1.54) is 24.8 Å². The van der Waals surface area contributed by atoms with Gasteiger partial charge in [0.15, 0.2) is 6.61 Å². The van der Waals surface area contributed by atoms with Crippen LogP contribution in [0.2, 0.25) is 5.02 Å². The molecule has 1 aromatic rings. The lowest BCUT2D eigenvalue weighted by molar-refractivity contribution is -0.157. The van der Waals surface area contributed by atoms with Gasteiger partial charge in [-0.3, -0.25) is 4.79 Å². The molecule has 7 heteroatoms. The topological polar surface area (TPSA) is 66.8 Å². The van der Waals surface area contributed by atoms with E-state index in [1.807, 2.05) is 0 Å². The number of likely N-dealkylation sites (N-methyl/N-ethyl adjacent to an activating group) is 1. The van der Waals surface area contributed by atoms with Gasteiger partial charge in [0.2, 0.25) is 0 Å². The molecule has 0 radical (unpaired) electrons. The third-order valence-electron chi connectivity index (χ3n) is 3.06. The fraction of sp³-hybridized carbons (Fsp3) is 0.429. The Hall–Kier alpha value is -1.82. The van der Waals surface area contributed by atoms with E-state index in [1.54, 1.807) is 6.92 Å². The first-order valence-corrected chi connectivity index (χ1v) is 6.69.